The summed E-state index contributed by atoms with van der Waals surface area (Å²) in [5.74, 6) is -0.323. The first kappa shape index (κ1) is 21.4. The third-order valence-electron chi connectivity index (χ3n) is 5.05. The second-order valence-electron chi connectivity index (χ2n) is 7.16. The molecule has 1 fully saturated rings. The van der Waals surface area contributed by atoms with Crippen molar-refractivity contribution in [3.63, 3.8) is 0 Å². The molecular weight excluding hydrogens is 422 g/mol. The van der Waals surface area contributed by atoms with Gasteiger partial charge in [-0.15, -0.1) is 0 Å². The van der Waals surface area contributed by atoms with Gasteiger partial charge in [0, 0.05) is 30.9 Å². The Balaban J connectivity index is 1.42. The van der Waals surface area contributed by atoms with Crippen LogP contribution in [-0.4, -0.2) is 56.0 Å². The summed E-state index contributed by atoms with van der Waals surface area (Å²) in [6.07, 6.45) is -1.13. The number of anilines is 2. The molecule has 1 amide bonds. The minimum absolute atomic E-state index is 0.0172. The van der Waals surface area contributed by atoms with Crippen molar-refractivity contribution < 1.29 is 33.5 Å². The van der Waals surface area contributed by atoms with Gasteiger partial charge >= 0.3 is 5.97 Å². The number of nitro benzene ring substituents is 1. The Kier molecular flexibility index (Phi) is 6.08. The molecule has 32 heavy (non-hydrogen) atoms. The van der Waals surface area contributed by atoms with Gasteiger partial charge in [0.25, 0.3) is 11.6 Å². The highest BCUT2D eigenvalue weighted by molar-refractivity contribution is 5.98. The van der Waals surface area contributed by atoms with Crippen molar-refractivity contribution in [2.45, 2.75) is 13.0 Å². The van der Waals surface area contributed by atoms with Crippen molar-refractivity contribution in [3.05, 3.63) is 52.1 Å². The lowest BCUT2D eigenvalue weighted by Gasteiger charge is -2.28. The number of nitro groups is 1. The van der Waals surface area contributed by atoms with Crippen LogP contribution in [0, 0.1) is 10.1 Å². The largest absolute Gasteiger partial charge is 0.454 e. The van der Waals surface area contributed by atoms with Gasteiger partial charge in [-0.25, -0.2) is 4.79 Å². The summed E-state index contributed by atoms with van der Waals surface area (Å²) < 4.78 is 21.0. The minimum atomic E-state index is -1.13. The average molecular weight is 443 g/mol. The number of carbonyl (C=O) groups is 2. The van der Waals surface area contributed by atoms with Crippen molar-refractivity contribution in [2.24, 2.45) is 0 Å². The van der Waals surface area contributed by atoms with E-state index >= 15 is 0 Å². The molecule has 2 aromatic carbocycles. The van der Waals surface area contributed by atoms with Crippen molar-refractivity contribution in [1.82, 2.24) is 0 Å². The van der Waals surface area contributed by atoms with Gasteiger partial charge in [-0.3, -0.25) is 14.9 Å². The number of hydrogen-bond acceptors (Lipinski definition) is 9. The molecule has 1 N–H and O–H groups in total. The maximum atomic E-state index is 12.5. The van der Waals surface area contributed by atoms with Crippen LogP contribution in [0.3, 0.4) is 0 Å². The number of benzene rings is 2. The van der Waals surface area contributed by atoms with Crippen LogP contribution < -0.4 is 19.7 Å². The molecule has 2 aliphatic rings. The molecule has 168 valence electrons. The molecule has 2 aliphatic heterocycles. The maximum absolute atomic E-state index is 12.5. The lowest BCUT2D eigenvalue weighted by Crippen LogP contribution is -2.36. The van der Waals surface area contributed by atoms with Crippen LogP contribution in [0.5, 0.6) is 11.5 Å². The number of nitrogens with one attached hydrogen (secondary N) is 1. The van der Waals surface area contributed by atoms with Crippen molar-refractivity contribution in [1.29, 1.82) is 0 Å². The second kappa shape index (κ2) is 9.10. The number of amides is 1. The van der Waals surface area contributed by atoms with E-state index < -0.39 is 22.9 Å². The van der Waals surface area contributed by atoms with E-state index in [1.165, 1.54) is 19.1 Å². The number of nitrogens with zero attached hydrogens (tertiary/aromatic N) is 2. The lowest BCUT2D eigenvalue weighted by molar-refractivity contribution is -0.384. The first-order valence-electron chi connectivity index (χ1n) is 9.95. The van der Waals surface area contributed by atoms with Gasteiger partial charge in [-0.1, -0.05) is 0 Å². The van der Waals surface area contributed by atoms with Crippen molar-refractivity contribution in [3.8, 4) is 11.5 Å². The van der Waals surface area contributed by atoms with Crippen molar-refractivity contribution in [2.75, 3.05) is 43.3 Å². The van der Waals surface area contributed by atoms with E-state index in [1.807, 2.05) is 4.90 Å². The van der Waals surface area contributed by atoms with Crippen molar-refractivity contribution >= 4 is 28.9 Å². The van der Waals surface area contributed by atoms with Gasteiger partial charge in [-0.05, 0) is 31.2 Å². The number of ether oxygens (including phenoxy) is 4. The Morgan fingerprint density at radius 3 is 2.62 bits per heavy atom. The summed E-state index contributed by atoms with van der Waals surface area (Å²) in [4.78, 5) is 37.8. The number of esters is 1. The highest BCUT2D eigenvalue weighted by Crippen LogP contribution is 2.34. The van der Waals surface area contributed by atoms with E-state index in [2.05, 4.69) is 5.32 Å². The SMILES string of the molecule is C[C@H](OC(=O)c1ccc(N2CCOCC2)c([N+](=O)[O-])c1)C(=O)Nc1ccc2c(c1)OCO2. The number of morpholine rings is 1. The third kappa shape index (κ3) is 4.57. The van der Waals surface area contributed by atoms with E-state index in [0.717, 1.165) is 6.07 Å². The van der Waals surface area contributed by atoms with E-state index in [0.29, 0.717) is 49.2 Å². The Bertz CT molecular complexity index is 1050. The molecule has 0 saturated carbocycles. The number of rotatable bonds is 6. The minimum Gasteiger partial charge on any atom is -0.454 e. The van der Waals surface area contributed by atoms with Gasteiger partial charge < -0.3 is 29.2 Å². The molecule has 11 heteroatoms. The Morgan fingerprint density at radius 2 is 1.88 bits per heavy atom. The molecule has 0 aromatic heterocycles. The molecule has 2 heterocycles. The predicted molar refractivity (Wildman–Crippen MR) is 112 cm³/mol. The van der Waals surface area contributed by atoms with Crippen LogP contribution in [0.1, 0.15) is 17.3 Å². The molecule has 0 radical (unpaired) electrons. The van der Waals surface area contributed by atoms with Crippen LogP contribution in [0.15, 0.2) is 36.4 Å². The highest BCUT2D eigenvalue weighted by atomic mass is 16.7. The number of hydrogen-bond donors (Lipinski definition) is 1. The van der Waals surface area contributed by atoms with Crippen LogP contribution in [0.2, 0.25) is 0 Å². The van der Waals surface area contributed by atoms with Gasteiger partial charge in [0.2, 0.25) is 6.79 Å². The molecule has 0 spiro atoms. The van der Waals surface area contributed by atoms with Gasteiger partial charge in [0.05, 0.1) is 23.7 Å². The Labute approximate surface area is 183 Å². The monoisotopic (exact) mass is 443 g/mol. The van der Waals surface area contributed by atoms with Crippen LogP contribution in [0.25, 0.3) is 0 Å². The Morgan fingerprint density at radius 1 is 1.12 bits per heavy atom. The fourth-order valence-electron chi connectivity index (χ4n) is 3.37. The molecule has 11 nitrogen and oxygen atoms in total. The van der Waals surface area contributed by atoms with E-state index in [-0.39, 0.29) is 18.0 Å². The summed E-state index contributed by atoms with van der Waals surface area (Å²) in [7, 11) is 0. The predicted octanol–water partition coefficient (Wildman–Crippen LogP) is 2.34. The molecule has 1 saturated heterocycles. The average Bonchev–Trinajstić information content (AvgIpc) is 3.27. The smallest absolute Gasteiger partial charge is 0.339 e. The first-order valence-corrected chi connectivity index (χ1v) is 9.95. The topological polar surface area (TPSA) is 129 Å². The normalized spacial score (nSPS) is 15.7. The van der Waals surface area contributed by atoms with E-state index in [9.17, 15) is 19.7 Å². The quantitative estimate of drug-likeness (QED) is 0.406. The van der Waals surface area contributed by atoms with E-state index in [4.69, 9.17) is 18.9 Å². The van der Waals surface area contributed by atoms with Gasteiger partial charge in [-0.2, -0.15) is 0 Å². The fraction of sp³-hybridized carbons (Fsp3) is 0.333. The molecular formula is C21H21N3O8. The summed E-state index contributed by atoms with van der Waals surface area (Å²) in [5.41, 5.74) is 0.631. The van der Waals surface area contributed by atoms with E-state index in [1.54, 1.807) is 18.2 Å². The maximum Gasteiger partial charge on any atom is 0.339 e. The second-order valence-corrected chi connectivity index (χ2v) is 7.16. The zero-order valence-corrected chi connectivity index (χ0v) is 17.2. The first-order chi connectivity index (χ1) is 15.4. The van der Waals surface area contributed by atoms with Gasteiger partial charge in [0.15, 0.2) is 17.6 Å². The zero-order valence-electron chi connectivity index (χ0n) is 17.2. The number of fused-ring (bicyclic) bond motifs is 1. The molecule has 4 rings (SSSR count). The number of carbonyl (C=O) groups excluding carboxylic acids is 2. The van der Waals surface area contributed by atoms with Crippen LogP contribution >= 0.6 is 0 Å². The van der Waals surface area contributed by atoms with Crippen LogP contribution in [-0.2, 0) is 14.3 Å². The fourth-order valence-corrected chi connectivity index (χ4v) is 3.37. The molecule has 2 aromatic rings. The lowest BCUT2D eigenvalue weighted by atomic mass is 10.1. The molecule has 1 atom stereocenters. The third-order valence-corrected chi connectivity index (χ3v) is 5.05. The molecule has 0 aliphatic carbocycles. The van der Waals surface area contributed by atoms with Gasteiger partial charge in [0.1, 0.15) is 5.69 Å². The Hall–Kier alpha value is -3.86. The molecule has 0 bridgehead atoms. The standard InChI is InChI=1S/C21H21N3O8/c1-13(20(25)22-15-3-5-18-19(11-15)31-12-30-18)32-21(26)14-2-4-16(17(10-14)24(27)28)23-6-8-29-9-7-23/h2-5,10-11,13H,6-9,12H2,1H3,(H,22,25)/t13-/m0/s1. The zero-order chi connectivity index (χ0) is 22.7. The molecule has 0 unspecified atom stereocenters. The summed E-state index contributed by atoms with van der Waals surface area (Å²) >= 11 is 0. The summed E-state index contributed by atoms with van der Waals surface area (Å²) in [5, 5.41) is 14.2. The summed E-state index contributed by atoms with van der Waals surface area (Å²) in [6, 6.07) is 9.01. The van der Waals surface area contributed by atoms with Crippen LogP contribution in [0.4, 0.5) is 17.1 Å². The highest BCUT2D eigenvalue weighted by Gasteiger charge is 2.26. The summed E-state index contributed by atoms with van der Waals surface area (Å²) in [6.45, 7) is 3.49.